The molecule has 0 aliphatic heterocycles. The number of pyridine rings is 1. The van der Waals surface area contributed by atoms with Gasteiger partial charge < -0.3 is 11.5 Å². The van der Waals surface area contributed by atoms with Crippen LogP contribution in [0.5, 0.6) is 0 Å². The van der Waals surface area contributed by atoms with E-state index in [2.05, 4.69) is 4.98 Å². The molecule has 0 saturated heterocycles. The molecule has 0 radical (unpaired) electrons. The second-order valence-corrected chi connectivity index (χ2v) is 4.11. The van der Waals surface area contributed by atoms with Crippen molar-refractivity contribution >= 4 is 11.5 Å². The Labute approximate surface area is 106 Å². The normalized spacial score (nSPS) is 12.1. The molecule has 4 heteroatoms. The minimum Gasteiger partial charge on any atom is -0.398 e. The molecule has 0 aliphatic carbocycles. The van der Waals surface area contributed by atoms with Gasteiger partial charge in [-0.3, -0.25) is 9.78 Å². The van der Waals surface area contributed by atoms with E-state index in [0.29, 0.717) is 11.3 Å². The van der Waals surface area contributed by atoms with Crippen LogP contribution in [0.15, 0.2) is 48.8 Å². The number of hydrogen-bond acceptors (Lipinski definition) is 4. The highest BCUT2D eigenvalue weighted by atomic mass is 16.1. The second-order valence-electron chi connectivity index (χ2n) is 4.11. The standard InChI is InChI=1S/C14H15N3O/c15-12-6-7-17-9-11(12)8-13(18)14(16)10-4-2-1-3-5-10/h1-7,9,14H,8,16H2,(H2,15,17)/t14-/m1/s1. The van der Waals surface area contributed by atoms with Crippen molar-refractivity contribution in [3.8, 4) is 0 Å². The van der Waals surface area contributed by atoms with E-state index in [9.17, 15) is 4.79 Å². The van der Waals surface area contributed by atoms with Crippen molar-refractivity contribution in [2.45, 2.75) is 12.5 Å². The van der Waals surface area contributed by atoms with Crippen LogP contribution in [-0.2, 0) is 11.2 Å². The van der Waals surface area contributed by atoms with Crippen LogP contribution in [0, 0.1) is 0 Å². The lowest BCUT2D eigenvalue weighted by Crippen LogP contribution is -2.23. The number of aromatic nitrogens is 1. The summed E-state index contributed by atoms with van der Waals surface area (Å²) in [6, 6.07) is 10.4. The third kappa shape index (κ3) is 2.73. The van der Waals surface area contributed by atoms with Gasteiger partial charge in [0.1, 0.15) is 0 Å². The number of nitrogens with zero attached hydrogens (tertiary/aromatic N) is 1. The van der Waals surface area contributed by atoms with Crippen molar-refractivity contribution in [1.29, 1.82) is 0 Å². The largest absolute Gasteiger partial charge is 0.398 e. The maximum atomic E-state index is 12.1. The lowest BCUT2D eigenvalue weighted by molar-refractivity contribution is -0.119. The number of carbonyl (C=O) groups is 1. The van der Waals surface area contributed by atoms with Crippen molar-refractivity contribution in [1.82, 2.24) is 4.98 Å². The van der Waals surface area contributed by atoms with E-state index in [1.54, 1.807) is 18.5 Å². The van der Waals surface area contributed by atoms with E-state index < -0.39 is 6.04 Å². The number of Topliss-reactive ketones (excluding diaryl/α,β-unsaturated/α-hetero) is 1. The summed E-state index contributed by atoms with van der Waals surface area (Å²) in [5, 5.41) is 0. The predicted molar refractivity (Wildman–Crippen MR) is 70.7 cm³/mol. The summed E-state index contributed by atoms with van der Waals surface area (Å²) >= 11 is 0. The van der Waals surface area contributed by atoms with Gasteiger partial charge in [0.2, 0.25) is 0 Å². The summed E-state index contributed by atoms with van der Waals surface area (Å²) < 4.78 is 0. The molecule has 92 valence electrons. The van der Waals surface area contributed by atoms with E-state index in [1.807, 2.05) is 30.3 Å². The number of ketones is 1. The first-order chi connectivity index (χ1) is 8.68. The van der Waals surface area contributed by atoms with Crippen LogP contribution in [0.1, 0.15) is 17.2 Å². The average molecular weight is 241 g/mol. The van der Waals surface area contributed by atoms with Gasteiger partial charge in [-0.05, 0) is 11.6 Å². The Morgan fingerprint density at radius 2 is 1.94 bits per heavy atom. The molecular weight excluding hydrogens is 226 g/mol. The Balaban J connectivity index is 2.12. The van der Waals surface area contributed by atoms with Crippen LogP contribution in [0.2, 0.25) is 0 Å². The Kier molecular flexibility index (Phi) is 3.69. The number of anilines is 1. The highest BCUT2D eigenvalue weighted by molar-refractivity contribution is 5.87. The molecule has 0 amide bonds. The van der Waals surface area contributed by atoms with Crippen LogP contribution in [-0.4, -0.2) is 10.8 Å². The van der Waals surface area contributed by atoms with Gasteiger partial charge >= 0.3 is 0 Å². The van der Waals surface area contributed by atoms with Gasteiger partial charge in [-0.15, -0.1) is 0 Å². The summed E-state index contributed by atoms with van der Waals surface area (Å²) in [6.45, 7) is 0. The minimum atomic E-state index is -0.620. The predicted octanol–water partition coefficient (Wildman–Crippen LogP) is 1.48. The quantitative estimate of drug-likeness (QED) is 0.849. The molecule has 1 atom stereocenters. The van der Waals surface area contributed by atoms with Crippen LogP contribution in [0.25, 0.3) is 0 Å². The van der Waals surface area contributed by atoms with Crippen molar-refractivity contribution < 1.29 is 4.79 Å². The van der Waals surface area contributed by atoms with Crippen LogP contribution in [0.3, 0.4) is 0 Å². The maximum Gasteiger partial charge on any atom is 0.158 e. The summed E-state index contributed by atoms with van der Waals surface area (Å²) in [6.07, 6.45) is 3.40. The van der Waals surface area contributed by atoms with Gasteiger partial charge in [-0.25, -0.2) is 0 Å². The molecule has 2 rings (SSSR count). The summed E-state index contributed by atoms with van der Waals surface area (Å²) in [7, 11) is 0. The third-order valence-electron chi connectivity index (χ3n) is 2.81. The zero-order valence-corrected chi connectivity index (χ0v) is 9.91. The van der Waals surface area contributed by atoms with Crippen LogP contribution >= 0.6 is 0 Å². The highest BCUT2D eigenvalue weighted by Crippen LogP contribution is 2.16. The van der Waals surface area contributed by atoms with Crippen LogP contribution in [0.4, 0.5) is 5.69 Å². The monoisotopic (exact) mass is 241 g/mol. The Morgan fingerprint density at radius 3 is 2.61 bits per heavy atom. The number of rotatable bonds is 4. The van der Waals surface area contributed by atoms with Gasteiger partial charge in [0.25, 0.3) is 0 Å². The fraction of sp³-hybridized carbons (Fsp3) is 0.143. The second kappa shape index (κ2) is 5.42. The molecule has 0 saturated carbocycles. The lowest BCUT2D eigenvalue weighted by atomic mass is 9.98. The number of hydrogen-bond donors (Lipinski definition) is 2. The van der Waals surface area contributed by atoms with Crippen LogP contribution < -0.4 is 11.5 Å². The van der Waals surface area contributed by atoms with Crippen molar-refractivity contribution in [3.63, 3.8) is 0 Å². The minimum absolute atomic E-state index is 0.0686. The first-order valence-electron chi connectivity index (χ1n) is 5.70. The van der Waals surface area contributed by atoms with Gasteiger partial charge in [-0.2, -0.15) is 0 Å². The summed E-state index contributed by atoms with van der Waals surface area (Å²) in [5.74, 6) is -0.0686. The molecule has 18 heavy (non-hydrogen) atoms. The molecule has 4 nitrogen and oxygen atoms in total. The van der Waals surface area contributed by atoms with E-state index in [4.69, 9.17) is 11.5 Å². The molecule has 0 unspecified atom stereocenters. The fourth-order valence-electron chi connectivity index (χ4n) is 1.73. The third-order valence-corrected chi connectivity index (χ3v) is 2.81. The molecule has 0 aliphatic rings. The molecule has 1 heterocycles. The molecular formula is C14H15N3O. The Hall–Kier alpha value is -2.20. The maximum absolute atomic E-state index is 12.1. The summed E-state index contributed by atoms with van der Waals surface area (Å²) in [5.41, 5.74) is 13.8. The number of nitrogens with two attached hydrogens (primary N) is 2. The van der Waals surface area contributed by atoms with Crippen molar-refractivity contribution in [2.75, 3.05) is 5.73 Å². The average Bonchev–Trinajstić information content (AvgIpc) is 2.41. The molecule has 1 aromatic heterocycles. The first kappa shape index (κ1) is 12.3. The molecule has 0 bridgehead atoms. The van der Waals surface area contributed by atoms with Gasteiger partial charge in [0.05, 0.1) is 6.04 Å². The molecule has 4 N–H and O–H groups in total. The molecule has 0 fully saturated rings. The molecule has 2 aromatic rings. The first-order valence-corrected chi connectivity index (χ1v) is 5.70. The van der Waals surface area contributed by atoms with E-state index in [0.717, 1.165) is 5.56 Å². The summed E-state index contributed by atoms with van der Waals surface area (Å²) in [4.78, 5) is 16.0. The smallest absolute Gasteiger partial charge is 0.158 e. The SMILES string of the molecule is Nc1ccncc1CC(=O)[C@H](N)c1ccccc1. The van der Waals surface area contributed by atoms with Crippen molar-refractivity contribution in [3.05, 3.63) is 59.9 Å². The van der Waals surface area contributed by atoms with Gasteiger partial charge in [-0.1, -0.05) is 30.3 Å². The highest BCUT2D eigenvalue weighted by Gasteiger charge is 2.16. The van der Waals surface area contributed by atoms with E-state index in [-0.39, 0.29) is 12.2 Å². The topological polar surface area (TPSA) is 82.0 Å². The zero-order chi connectivity index (χ0) is 13.0. The van der Waals surface area contributed by atoms with Gasteiger partial charge in [0, 0.05) is 30.1 Å². The Bertz CT molecular complexity index is 540. The van der Waals surface area contributed by atoms with E-state index in [1.165, 1.54) is 0 Å². The number of nitrogen functional groups attached to an aromatic ring is 1. The fourth-order valence-corrected chi connectivity index (χ4v) is 1.73. The van der Waals surface area contributed by atoms with Gasteiger partial charge in [0.15, 0.2) is 5.78 Å². The number of benzene rings is 1. The zero-order valence-electron chi connectivity index (χ0n) is 9.91. The Morgan fingerprint density at radius 1 is 1.22 bits per heavy atom. The lowest BCUT2D eigenvalue weighted by Gasteiger charge is -2.11. The molecule has 0 spiro atoms. The number of carbonyl (C=O) groups excluding carboxylic acids is 1. The molecule has 1 aromatic carbocycles. The van der Waals surface area contributed by atoms with Crippen molar-refractivity contribution in [2.24, 2.45) is 5.73 Å². The van der Waals surface area contributed by atoms with E-state index >= 15 is 0 Å².